The summed E-state index contributed by atoms with van der Waals surface area (Å²) in [5.74, 6) is 6.56. The van der Waals surface area contributed by atoms with E-state index in [4.69, 9.17) is 10.6 Å². The maximum Gasteiger partial charge on any atom is 0.119 e. The van der Waals surface area contributed by atoms with Crippen molar-refractivity contribution in [3.05, 3.63) is 46.4 Å². The van der Waals surface area contributed by atoms with E-state index in [0.29, 0.717) is 0 Å². The van der Waals surface area contributed by atoms with Gasteiger partial charge in [0.2, 0.25) is 0 Å². The Labute approximate surface area is 124 Å². The highest BCUT2D eigenvalue weighted by Gasteiger charge is 2.12. The third-order valence-corrected chi connectivity index (χ3v) is 3.91. The molecule has 0 aliphatic carbocycles. The first-order valence-corrected chi connectivity index (χ1v) is 7.78. The van der Waals surface area contributed by atoms with Gasteiger partial charge in [0, 0.05) is 18.0 Å². The lowest BCUT2D eigenvalue weighted by molar-refractivity contribution is 0.309. The number of ether oxygens (including phenoxy) is 1. The van der Waals surface area contributed by atoms with Gasteiger partial charge >= 0.3 is 0 Å². The number of hydrogen-bond donors (Lipinski definition) is 2. The summed E-state index contributed by atoms with van der Waals surface area (Å²) in [5.41, 5.74) is 4.00. The monoisotopic (exact) mass is 291 g/mol. The molecule has 4 nitrogen and oxygen atoms in total. The molecule has 2 rings (SSSR count). The number of benzene rings is 1. The van der Waals surface area contributed by atoms with E-state index < -0.39 is 0 Å². The minimum atomic E-state index is 0.0749. The first kappa shape index (κ1) is 15.0. The van der Waals surface area contributed by atoms with Gasteiger partial charge in [0.05, 0.1) is 17.7 Å². The maximum absolute atomic E-state index is 5.66. The molecule has 0 aliphatic rings. The number of aromatic nitrogens is 1. The fourth-order valence-electron chi connectivity index (χ4n) is 1.93. The van der Waals surface area contributed by atoms with Crippen LogP contribution in [-0.2, 0) is 6.42 Å². The van der Waals surface area contributed by atoms with Gasteiger partial charge in [-0.05, 0) is 24.1 Å². The Balaban J connectivity index is 1.96. The molecule has 3 N–H and O–H groups in total. The maximum atomic E-state index is 5.66. The summed E-state index contributed by atoms with van der Waals surface area (Å²) in [6.07, 6.45) is 4.84. The molecule has 0 aliphatic heterocycles. The Kier molecular flexibility index (Phi) is 5.98. The van der Waals surface area contributed by atoms with E-state index in [9.17, 15) is 0 Å². The molecule has 1 heterocycles. The molecular formula is C15H21N3OS. The molecule has 1 aromatic carbocycles. The largest absolute Gasteiger partial charge is 0.494 e. The molecule has 5 heteroatoms. The predicted molar refractivity (Wildman–Crippen MR) is 82.7 cm³/mol. The van der Waals surface area contributed by atoms with Gasteiger partial charge in [-0.25, -0.2) is 4.98 Å². The first-order chi connectivity index (χ1) is 9.83. The molecule has 0 spiro atoms. The highest BCUT2D eigenvalue weighted by molar-refractivity contribution is 7.09. The molecule has 1 unspecified atom stereocenters. The quantitative estimate of drug-likeness (QED) is 0.446. The summed E-state index contributed by atoms with van der Waals surface area (Å²) in [7, 11) is 0. The number of thiazole rings is 1. The summed E-state index contributed by atoms with van der Waals surface area (Å²) in [4.78, 5) is 4.30. The van der Waals surface area contributed by atoms with Crippen LogP contribution in [0.3, 0.4) is 0 Å². The molecule has 20 heavy (non-hydrogen) atoms. The lowest BCUT2D eigenvalue weighted by Gasteiger charge is -2.15. The summed E-state index contributed by atoms with van der Waals surface area (Å²) in [5, 5.41) is 3.06. The van der Waals surface area contributed by atoms with Crippen molar-refractivity contribution in [1.29, 1.82) is 0 Å². The lowest BCUT2D eigenvalue weighted by Crippen LogP contribution is -2.29. The van der Waals surface area contributed by atoms with E-state index in [1.165, 1.54) is 0 Å². The fourth-order valence-corrected chi connectivity index (χ4v) is 2.60. The van der Waals surface area contributed by atoms with Crippen molar-refractivity contribution in [3.8, 4) is 5.75 Å². The minimum Gasteiger partial charge on any atom is -0.494 e. The van der Waals surface area contributed by atoms with Gasteiger partial charge < -0.3 is 4.74 Å². The topological polar surface area (TPSA) is 60.2 Å². The zero-order valence-corrected chi connectivity index (χ0v) is 12.5. The molecule has 1 atom stereocenters. The Hall–Kier alpha value is -1.43. The molecular weight excluding hydrogens is 270 g/mol. The molecule has 0 fully saturated rings. The van der Waals surface area contributed by atoms with Gasteiger partial charge in [0.25, 0.3) is 0 Å². The fraction of sp³-hybridized carbons (Fsp3) is 0.400. The van der Waals surface area contributed by atoms with Crippen LogP contribution in [0.5, 0.6) is 5.75 Å². The van der Waals surface area contributed by atoms with Gasteiger partial charge in [0.15, 0.2) is 0 Å². The molecule has 0 amide bonds. The van der Waals surface area contributed by atoms with Crippen molar-refractivity contribution in [2.24, 2.45) is 5.84 Å². The summed E-state index contributed by atoms with van der Waals surface area (Å²) >= 11 is 1.65. The number of unbranched alkanes of at least 4 members (excludes halogenated alkanes) is 1. The first-order valence-electron chi connectivity index (χ1n) is 6.90. The van der Waals surface area contributed by atoms with Crippen LogP contribution in [0.4, 0.5) is 0 Å². The van der Waals surface area contributed by atoms with Gasteiger partial charge in [0.1, 0.15) is 5.75 Å². The van der Waals surface area contributed by atoms with E-state index in [1.807, 2.05) is 23.7 Å². The second-order valence-electron chi connectivity index (χ2n) is 4.62. The third kappa shape index (κ3) is 4.30. The van der Waals surface area contributed by atoms with Gasteiger partial charge in [-0.3, -0.25) is 11.3 Å². The van der Waals surface area contributed by atoms with E-state index in [-0.39, 0.29) is 6.04 Å². The number of hydrogen-bond acceptors (Lipinski definition) is 5. The van der Waals surface area contributed by atoms with Gasteiger partial charge in [-0.2, -0.15) is 0 Å². The Morgan fingerprint density at radius 1 is 1.35 bits per heavy atom. The summed E-state index contributed by atoms with van der Waals surface area (Å²) in [6.45, 7) is 2.93. The van der Waals surface area contributed by atoms with Crippen LogP contribution < -0.4 is 16.0 Å². The van der Waals surface area contributed by atoms with Crippen LogP contribution in [0.25, 0.3) is 0 Å². The lowest BCUT2D eigenvalue weighted by atomic mass is 10.0. The van der Waals surface area contributed by atoms with Crippen molar-refractivity contribution in [3.63, 3.8) is 0 Å². The average Bonchev–Trinajstić information content (AvgIpc) is 2.99. The number of nitrogens with one attached hydrogen (secondary N) is 1. The molecule has 1 aromatic heterocycles. The van der Waals surface area contributed by atoms with Crippen molar-refractivity contribution < 1.29 is 4.74 Å². The van der Waals surface area contributed by atoms with Crippen LogP contribution >= 0.6 is 11.3 Å². The van der Waals surface area contributed by atoms with Crippen molar-refractivity contribution in [2.45, 2.75) is 32.2 Å². The summed E-state index contributed by atoms with van der Waals surface area (Å²) in [6, 6.07) is 8.18. The van der Waals surface area contributed by atoms with Crippen LogP contribution in [0.1, 0.15) is 36.4 Å². The Bertz CT molecular complexity index is 484. The van der Waals surface area contributed by atoms with Crippen molar-refractivity contribution >= 4 is 11.3 Å². The zero-order chi connectivity index (χ0) is 14.2. The minimum absolute atomic E-state index is 0.0749. The highest BCUT2D eigenvalue weighted by Crippen LogP contribution is 2.21. The molecule has 108 valence electrons. The number of rotatable bonds is 8. The van der Waals surface area contributed by atoms with E-state index in [2.05, 4.69) is 29.5 Å². The van der Waals surface area contributed by atoms with Crippen LogP contribution in [-0.4, -0.2) is 11.6 Å². The van der Waals surface area contributed by atoms with E-state index in [1.54, 1.807) is 11.3 Å². The van der Waals surface area contributed by atoms with E-state index >= 15 is 0 Å². The molecule has 2 aromatic rings. The van der Waals surface area contributed by atoms with Crippen LogP contribution in [0.2, 0.25) is 0 Å². The highest BCUT2D eigenvalue weighted by atomic mass is 32.1. The predicted octanol–water partition coefficient (Wildman–Crippen LogP) is 3.07. The average molecular weight is 291 g/mol. The van der Waals surface area contributed by atoms with Crippen LogP contribution in [0, 0.1) is 0 Å². The second kappa shape index (κ2) is 7.99. The van der Waals surface area contributed by atoms with Crippen LogP contribution in [0.15, 0.2) is 35.8 Å². The molecule has 0 saturated heterocycles. The SMILES string of the molecule is CCCCOc1ccc(C(Cc2nccs2)NN)cc1. The third-order valence-electron chi connectivity index (χ3n) is 3.11. The molecule has 0 bridgehead atoms. The standard InChI is InChI=1S/C15H21N3OS/c1-2-3-9-19-13-6-4-12(5-7-13)14(18-16)11-15-17-8-10-20-15/h4-8,10,14,18H,2-3,9,11,16H2,1H3. The number of nitrogens with zero attached hydrogens (tertiary/aromatic N) is 1. The van der Waals surface area contributed by atoms with Crippen molar-refractivity contribution in [2.75, 3.05) is 6.61 Å². The zero-order valence-electron chi connectivity index (χ0n) is 11.7. The Morgan fingerprint density at radius 2 is 2.15 bits per heavy atom. The Morgan fingerprint density at radius 3 is 2.75 bits per heavy atom. The van der Waals surface area contributed by atoms with Crippen molar-refractivity contribution in [1.82, 2.24) is 10.4 Å². The normalized spacial score (nSPS) is 12.3. The van der Waals surface area contributed by atoms with Gasteiger partial charge in [-0.1, -0.05) is 25.5 Å². The van der Waals surface area contributed by atoms with E-state index in [0.717, 1.165) is 42.2 Å². The second-order valence-corrected chi connectivity index (χ2v) is 5.60. The number of hydrazine groups is 1. The number of nitrogens with two attached hydrogens (primary N) is 1. The molecule has 0 saturated carbocycles. The smallest absolute Gasteiger partial charge is 0.119 e. The van der Waals surface area contributed by atoms with Gasteiger partial charge in [-0.15, -0.1) is 11.3 Å². The molecule has 0 radical (unpaired) electrons. The summed E-state index contributed by atoms with van der Waals surface area (Å²) < 4.78 is 5.66.